The fraction of sp³-hybridized carbons (Fsp3) is 0.294. The number of hydroxylamine groups is 2. The van der Waals surface area contributed by atoms with Gasteiger partial charge in [-0.25, -0.2) is 0 Å². The maximum atomic E-state index is 8.00. The van der Waals surface area contributed by atoms with Gasteiger partial charge in [-0.1, -0.05) is 185 Å². The minimum absolute atomic E-state index is 0.303. The number of hydrogen-bond donors (Lipinski definition) is 0. The molecule has 1 heterocycles. The van der Waals surface area contributed by atoms with E-state index in [1.54, 1.807) is 7.11 Å². The molecule has 0 saturated carbocycles. The van der Waals surface area contributed by atoms with Crippen LogP contribution in [0.25, 0.3) is 0 Å². The van der Waals surface area contributed by atoms with Gasteiger partial charge in [0.15, 0.2) is 0 Å². The summed E-state index contributed by atoms with van der Waals surface area (Å²) in [7, 11) is -1.48. The van der Waals surface area contributed by atoms with E-state index in [1.807, 2.05) is 78.9 Å². The lowest BCUT2D eigenvalue weighted by molar-refractivity contribution is -0.160. The third-order valence-electron chi connectivity index (χ3n) is 11.1. The van der Waals surface area contributed by atoms with Gasteiger partial charge in [0.2, 0.25) is 0 Å². The summed E-state index contributed by atoms with van der Waals surface area (Å²) in [6.07, 6.45) is -0.888. The Hall–Kier alpha value is -4.90. The molecular formula is C51H57NO6Si. The number of hydrogen-bond acceptors (Lipinski definition) is 7. The van der Waals surface area contributed by atoms with Crippen molar-refractivity contribution in [3.63, 3.8) is 0 Å². The summed E-state index contributed by atoms with van der Waals surface area (Å²) in [5, 5.41) is 4.23. The molecule has 0 aromatic heterocycles. The molecule has 306 valence electrons. The van der Waals surface area contributed by atoms with Crippen LogP contribution in [0, 0.1) is 0 Å². The molecule has 8 heteroatoms. The molecule has 7 nitrogen and oxygen atoms in total. The molecule has 1 aliphatic heterocycles. The summed E-state index contributed by atoms with van der Waals surface area (Å²) >= 11 is 0. The Kier molecular flexibility index (Phi) is 14.6. The molecule has 4 unspecified atom stereocenters. The lowest BCUT2D eigenvalue weighted by atomic mass is 10.1. The van der Waals surface area contributed by atoms with E-state index < -0.39 is 20.5 Å². The maximum Gasteiger partial charge on any atom is 0.287 e. The van der Waals surface area contributed by atoms with Crippen LogP contribution in [0.4, 0.5) is 0 Å². The number of rotatable bonds is 19. The molecular weight excluding hydrogens is 751 g/mol. The molecule has 4 atom stereocenters. The van der Waals surface area contributed by atoms with E-state index >= 15 is 0 Å². The third kappa shape index (κ3) is 10.5. The zero-order valence-corrected chi connectivity index (χ0v) is 35.7. The molecule has 0 bridgehead atoms. The lowest BCUT2D eigenvalue weighted by Gasteiger charge is -2.47. The molecule has 0 aliphatic carbocycles. The van der Waals surface area contributed by atoms with E-state index in [1.165, 1.54) is 10.4 Å². The van der Waals surface area contributed by atoms with Gasteiger partial charge in [0, 0.05) is 0 Å². The Bertz CT molecular complexity index is 2060. The Balaban J connectivity index is 1.33. The third-order valence-corrected chi connectivity index (χ3v) is 16.0. The van der Waals surface area contributed by atoms with Crippen LogP contribution in [-0.2, 0) is 49.9 Å². The number of ether oxygens (including phenoxy) is 5. The Morgan fingerprint density at radius 1 is 0.458 bits per heavy atom. The minimum atomic E-state index is -3.16. The predicted molar refractivity (Wildman–Crippen MR) is 237 cm³/mol. The van der Waals surface area contributed by atoms with E-state index in [4.69, 9.17) is 28.2 Å². The van der Waals surface area contributed by atoms with E-state index in [2.05, 4.69) is 123 Å². The highest BCUT2D eigenvalue weighted by Crippen LogP contribution is 2.41. The average Bonchev–Trinajstić information content (AvgIpc) is 3.55. The van der Waals surface area contributed by atoms with Crippen molar-refractivity contribution in [1.82, 2.24) is 5.06 Å². The van der Waals surface area contributed by atoms with Crippen LogP contribution < -0.4 is 15.1 Å². The van der Waals surface area contributed by atoms with E-state index in [-0.39, 0.29) is 17.1 Å². The molecule has 1 aliphatic rings. The van der Waals surface area contributed by atoms with Gasteiger partial charge in [-0.3, -0.25) is 0 Å². The van der Waals surface area contributed by atoms with Crippen LogP contribution >= 0.6 is 0 Å². The van der Waals surface area contributed by atoms with Gasteiger partial charge in [-0.05, 0) is 49.8 Å². The standard InChI is InChI=1S/C51H57NO6Si/c1-51(2,3)59(45-26-16-8-17-27-45,46-28-18-9-19-29-46)58-52-47(38-54-34-40-20-10-5-11-21-40)49(56-36-41-22-12-6-13-23-41)50(57-37-42-24-14-7-15-25-42)48(52)39-55-35-43-30-32-44(53-4)33-31-43/h5-33,47-50H,34-39H2,1-4H3. The van der Waals surface area contributed by atoms with Crippen molar-refractivity contribution >= 4 is 18.7 Å². The van der Waals surface area contributed by atoms with E-state index in [9.17, 15) is 0 Å². The molecule has 6 aromatic rings. The number of methoxy groups -OCH3 is 1. The topological polar surface area (TPSA) is 58.6 Å². The van der Waals surface area contributed by atoms with Gasteiger partial charge < -0.3 is 28.2 Å². The number of benzene rings is 6. The van der Waals surface area contributed by atoms with E-state index in [0.717, 1.165) is 28.0 Å². The van der Waals surface area contributed by atoms with Crippen molar-refractivity contribution in [2.24, 2.45) is 0 Å². The van der Waals surface area contributed by atoms with Gasteiger partial charge >= 0.3 is 0 Å². The second-order valence-electron chi connectivity index (χ2n) is 16.1. The quantitative estimate of drug-likeness (QED) is 0.0758. The summed E-state index contributed by atoms with van der Waals surface area (Å²) in [5.41, 5.74) is 4.31. The van der Waals surface area contributed by atoms with Crippen LogP contribution in [0.5, 0.6) is 5.75 Å². The van der Waals surface area contributed by atoms with Crippen molar-refractivity contribution in [2.75, 3.05) is 20.3 Å². The van der Waals surface area contributed by atoms with Crippen molar-refractivity contribution < 1.29 is 28.2 Å². The monoisotopic (exact) mass is 807 g/mol. The summed E-state index contributed by atoms with van der Waals surface area (Å²) < 4.78 is 41.0. The summed E-state index contributed by atoms with van der Waals surface area (Å²) in [6.45, 7) is 9.23. The highest BCUT2D eigenvalue weighted by molar-refractivity contribution is 6.99. The van der Waals surface area contributed by atoms with Crippen molar-refractivity contribution in [3.05, 3.63) is 198 Å². The summed E-state index contributed by atoms with van der Waals surface area (Å²) in [5.74, 6) is 0.806. The van der Waals surface area contributed by atoms with Crippen molar-refractivity contribution in [1.29, 1.82) is 0 Å². The Morgan fingerprint density at radius 2 is 0.814 bits per heavy atom. The van der Waals surface area contributed by atoms with Crippen LogP contribution in [0.3, 0.4) is 0 Å². The SMILES string of the molecule is COc1ccc(COCC2C(OCc3ccccc3)C(OCc3ccccc3)C(COCc3ccccc3)N2O[Si](c2ccccc2)(c2ccccc2)C(C)(C)C)cc1. The molecule has 0 spiro atoms. The normalized spacial score (nSPS) is 18.5. The molecule has 1 fully saturated rings. The maximum absolute atomic E-state index is 8.00. The predicted octanol–water partition coefficient (Wildman–Crippen LogP) is 9.14. The van der Waals surface area contributed by atoms with Crippen LogP contribution in [0.15, 0.2) is 176 Å². The second-order valence-corrected chi connectivity index (χ2v) is 20.3. The summed E-state index contributed by atoms with van der Waals surface area (Å²) in [6, 6.07) is 59.7. The summed E-state index contributed by atoms with van der Waals surface area (Å²) in [4.78, 5) is 0. The van der Waals surface area contributed by atoms with Crippen LogP contribution in [0.1, 0.15) is 43.0 Å². The first-order valence-electron chi connectivity index (χ1n) is 20.6. The van der Waals surface area contributed by atoms with Gasteiger partial charge in [0.05, 0.1) is 58.8 Å². The fourth-order valence-corrected chi connectivity index (χ4v) is 12.5. The Labute approximate surface area is 351 Å². The largest absolute Gasteiger partial charge is 0.497 e. The van der Waals surface area contributed by atoms with Crippen LogP contribution in [-0.4, -0.2) is 58.0 Å². The molecule has 0 amide bonds. The zero-order chi connectivity index (χ0) is 40.9. The smallest absolute Gasteiger partial charge is 0.287 e. The molecule has 59 heavy (non-hydrogen) atoms. The highest BCUT2D eigenvalue weighted by atomic mass is 28.4. The molecule has 0 radical (unpaired) electrons. The lowest BCUT2D eigenvalue weighted by Crippen LogP contribution is -2.70. The Morgan fingerprint density at radius 3 is 1.19 bits per heavy atom. The van der Waals surface area contributed by atoms with Gasteiger partial charge in [0.25, 0.3) is 8.32 Å². The first-order valence-corrected chi connectivity index (χ1v) is 22.5. The zero-order valence-electron chi connectivity index (χ0n) is 34.7. The highest BCUT2D eigenvalue weighted by Gasteiger charge is 2.58. The first kappa shape index (κ1) is 42.2. The second kappa shape index (κ2) is 20.4. The van der Waals surface area contributed by atoms with Gasteiger partial charge in [0.1, 0.15) is 18.0 Å². The van der Waals surface area contributed by atoms with E-state index in [0.29, 0.717) is 39.6 Å². The van der Waals surface area contributed by atoms with Gasteiger partial charge in [-0.15, -0.1) is 0 Å². The minimum Gasteiger partial charge on any atom is -0.497 e. The van der Waals surface area contributed by atoms with Crippen molar-refractivity contribution in [2.45, 2.75) is 76.5 Å². The number of nitrogens with zero attached hydrogens (tertiary/aromatic N) is 1. The molecule has 1 saturated heterocycles. The van der Waals surface area contributed by atoms with Crippen LogP contribution in [0.2, 0.25) is 5.04 Å². The molecule has 6 aromatic carbocycles. The fourth-order valence-electron chi connectivity index (χ4n) is 8.06. The van der Waals surface area contributed by atoms with Crippen molar-refractivity contribution in [3.8, 4) is 5.75 Å². The molecule has 0 N–H and O–H groups in total. The van der Waals surface area contributed by atoms with Gasteiger partial charge in [-0.2, -0.15) is 5.06 Å². The first-order chi connectivity index (χ1) is 28.9. The molecule has 7 rings (SSSR count). The average molecular weight is 808 g/mol.